The van der Waals surface area contributed by atoms with Crippen LogP contribution in [0.15, 0.2) is 86.4 Å². The second kappa shape index (κ2) is 13.2. The van der Waals surface area contributed by atoms with E-state index in [9.17, 15) is 14.7 Å². The number of ether oxygens (including phenoxy) is 3. The summed E-state index contributed by atoms with van der Waals surface area (Å²) in [6.45, 7) is 3.82. The van der Waals surface area contributed by atoms with Gasteiger partial charge in [0, 0.05) is 10.6 Å². The number of thioether (sulfide) groups is 1. The van der Waals surface area contributed by atoms with Gasteiger partial charge in [-0.1, -0.05) is 53.7 Å². The van der Waals surface area contributed by atoms with Crippen molar-refractivity contribution in [2.75, 3.05) is 13.7 Å². The second-order valence-corrected chi connectivity index (χ2v) is 10.9. The number of methoxy groups -OCH3 is 1. The molecular formula is C30H25BrClNO6S. The molecule has 0 atom stereocenters. The largest absolute Gasteiger partial charge is 0.506 e. The first-order valence-corrected chi connectivity index (χ1v) is 14.1. The Bertz CT molecular complexity index is 1570. The molecule has 0 saturated carbocycles. The highest BCUT2D eigenvalue weighted by Crippen LogP contribution is 2.42. The first-order chi connectivity index (χ1) is 19.2. The number of hydrogen-bond acceptors (Lipinski definition) is 7. The minimum absolute atomic E-state index is 0.0583. The van der Waals surface area contributed by atoms with Crippen LogP contribution in [0, 0.1) is 6.92 Å². The van der Waals surface area contributed by atoms with Crippen LogP contribution < -0.4 is 9.47 Å². The smallest absolute Gasteiger partial charge is 0.344 e. The molecule has 0 aromatic heterocycles. The van der Waals surface area contributed by atoms with Crippen molar-refractivity contribution in [3.05, 3.63) is 109 Å². The number of esters is 1. The lowest BCUT2D eigenvalue weighted by Gasteiger charge is -2.14. The van der Waals surface area contributed by atoms with Gasteiger partial charge < -0.3 is 19.3 Å². The molecule has 1 aliphatic rings. The minimum Gasteiger partial charge on any atom is -0.506 e. The molecule has 0 fully saturated rings. The number of aliphatic hydroxyl groups excluding tert-OH is 1. The second-order valence-electron chi connectivity index (χ2n) is 8.54. The van der Waals surface area contributed by atoms with Crippen molar-refractivity contribution in [1.82, 2.24) is 0 Å². The molecule has 7 nitrogen and oxygen atoms in total. The Morgan fingerprint density at radius 1 is 1.12 bits per heavy atom. The molecule has 3 aromatic carbocycles. The van der Waals surface area contributed by atoms with Crippen LogP contribution in [-0.2, 0) is 16.1 Å². The van der Waals surface area contributed by atoms with Crippen LogP contribution >= 0.6 is 39.3 Å². The Balaban J connectivity index is 1.67. The Morgan fingerprint density at radius 3 is 2.60 bits per heavy atom. The zero-order valence-electron chi connectivity index (χ0n) is 21.9. The van der Waals surface area contributed by atoms with Gasteiger partial charge in [-0.15, -0.1) is 0 Å². The number of aliphatic imine (C=N–C) groups is 1. The van der Waals surface area contributed by atoms with Crippen molar-refractivity contribution < 1.29 is 28.9 Å². The van der Waals surface area contributed by atoms with E-state index in [1.165, 1.54) is 7.11 Å². The summed E-state index contributed by atoms with van der Waals surface area (Å²) in [6.07, 6.45) is 1.66. The third kappa shape index (κ3) is 6.78. The van der Waals surface area contributed by atoms with Crippen molar-refractivity contribution in [3.63, 3.8) is 0 Å². The quantitative estimate of drug-likeness (QED) is 0.252. The van der Waals surface area contributed by atoms with E-state index in [2.05, 4.69) is 20.9 Å². The summed E-state index contributed by atoms with van der Waals surface area (Å²) < 4.78 is 17.3. The third-order valence-corrected chi connectivity index (χ3v) is 7.61. The first-order valence-electron chi connectivity index (χ1n) is 12.2. The van der Waals surface area contributed by atoms with Crippen LogP contribution in [0.2, 0.25) is 5.02 Å². The molecule has 1 heterocycles. The SMILES string of the molecule is CCOC(=O)C1=C(O)/C(=C/c2cc(Br)c(OCc3cccc(Cl)c3)c(OC)c2)SC1=NC(=O)c1ccccc1C. The summed E-state index contributed by atoms with van der Waals surface area (Å²) in [5.74, 6) is -0.681. The predicted molar refractivity (Wildman–Crippen MR) is 161 cm³/mol. The fraction of sp³-hybridized carbons (Fsp3) is 0.167. The average molecular weight is 643 g/mol. The van der Waals surface area contributed by atoms with Crippen LogP contribution in [0.1, 0.15) is 34.0 Å². The van der Waals surface area contributed by atoms with Gasteiger partial charge in [0.2, 0.25) is 0 Å². The number of amides is 1. The van der Waals surface area contributed by atoms with Crippen molar-refractivity contribution in [1.29, 1.82) is 0 Å². The Kier molecular flexibility index (Phi) is 9.73. The fourth-order valence-electron chi connectivity index (χ4n) is 3.85. The van der Waals surface area contributed by atoms with E-state index < -0.39 is 11.9 Å². The maximum atomic E-state index is 12.9. The summed E-state index contributed by atoms with van der Waals surface area (Å²) in [7, 11) is 1.52. The fourth-order valence-corrected chi connectivity index (χ4v) is 5.65. The normalized spacial score (nSPS) is 15.0. The monoisotopic (exact) mass is 641 g/mol. The van der Waals surface area contributed by atoms with E-state index in [4.69, 9.17) is 25.8 Å². The van der Waals surface area contributed by atoms with Gasteiger partial charge in [-0.05, 0) is 82.9 Å². The molecule has 206 valence electrons. The van der Waals surface area contributed by atoms with Gasteiger partial charge in [0.05, 0.1) is 23.1 Å². The van der Waals surface area contributed by atoms with Crippen LogP contribution in [-0.4, -0.2) is 35.7 Å². The maximum absolute atomic E-state index is 12.9. The lowest BCUT2D eigenvalue weighted by Crippen LogP contribution is -2.14. The van der Waals surface area contributed by atoms with Gasteiger partial charge in [-0.2, -0.15) is 0 Å². The van der Waals surface area contributed by atoms with E-state index in [0.717, 1.165) is 22.9 Å². The lowest BCUT2D eigenvalue weighted by molar-refractivity contribution is -0.138. The molecule has 10 heteroatoms. The van der Waals surface area contributed by atoms with Crippen molar-refractivity contribution in [2.45, 2.75) is 20.5 Å². The standard InChI is InChI=1S/C30H25BrClNO6S/c1-4-38-30(36)25-26(34)24(40-29(25)33-28(35)21-11-6-5-8-17(21)2)15-19-13-22(31)27(23(14-19)37-3)39-16-18-9-7-10-20(32)12-18/h5-15,34H,4,16H2,1-3H3/b24-15-,33-29?. The number of carbonyl (C=O) groups excluding carboxylic acids is 2. The Morgan fingerprint density at radius 2 is 1.90 bits per heavy atom. The summed E-state index contributed by atoms with van der Waals surface area (Å²) >= 11 is 10.6. The number of halogens is 2. The molecule has 0 bridgehead atoms. The van der Waals surface area contributed by atoms with E-state index in [1.807, 2.05) is 24.3 Å². The van der Waals surface area contributed by atoms with Crippen molar-refractivity contribution in [3.8, 4) is 11.5 Å². The van der Waals surface area contributed by atoms with Gasteiger partial charge in [-0.25, -0.2) is 9.79 Å². The zero-order chi connectivity index (χ0) is 28.8. The van der Waals surface area contributed by atoms with E-state index in [1.54, 1.807) is 56.3 Å². The number of hydrogen-bond donors (Lipinski definition) is 1. The highest BCUT2D eigenvalue weighted by atomic mass is 79.9. The maximum Gasteiger partial charge on any atom is 0.344 e. The topological polar surface area (TPSA) is 94.4 Å². The van der Waals surface area contributed by atoms with Crippen LogP contribution in [0.5, 0.6) is 11.5 Å². The summed E-state index contributed by atoms with van der Waals surface area (Å²) in [5, 5.41) is 11.7. The highest BCUT2D eigenvalue weighted by Gasteiger charge is 2.34. The van der Waals surface area contributed by atoms with Crippen molar-refractivity contribution >= 4 is 62.3 Å². The molecule has 1 aliphatic heterocycles. The predicted octanol–water partition coefficient (Wildman–Crippen LogP) is 7.70. The van der Waals surface area contributed by atoms with E-state index >= 15 is 0 Å². The van der Waals surface area contributed by atoms with E-state index in [0.29, 0.717) is 37.0 Å². The summed E-state index contributed by atoms with van der Waals surface area (Å²) in [5.41, 5.74) is 2.52. The molecule has 4 rings (SSSR count). The van der Waals surface area contributed by atoms with Gasteiger partial charge in [0.15, 0.2) is 11.5 Å². The van der Waals surface area contributed by atoms with Gasteiger partial charge >= 0.3 is 5.97 Å². The third-order valence-electron chi connectivity index (χ3n) is 5.77. The van der Waals surface area contributed by atoms with Crippen LogP contribution in [0.4, 0.5) is 0 Å². The number of aryl methyl sites for hydroxylation is 1. The molecule has 0 radical (unpaired) electrons. The van der Waals surface area contributed by atoms with Gasteiger partial charge in [-0.3, -0.25) is 4.79 Å². The van der Waals surface area contributed by atoms with E-state index in [-0.39, 0.29) is 29.6 Å². The molecule has 1 N–H and O–H groups in total. The summed E-state index contributed by atoms with van der Waals surface area (Å²) in [6, 6.07) is 17.9. The Hall–Kier alpha value is -3.53. The number of carbonyl (C=O) groups is 2. The molecule has 40 heavy (non-hydrogen) atoms. The summed E-state index contributed by atoms with van der Waals surface area (Å²) in [4.78, 5) is 30.2. The van der Waals surface area contributed by atoms with Crippen molar-refractivity contribution in [2.24, 2.45) is 4.99 Å². The van der Waals surface area contributed by atoms with Crippen LogP contribution in [0.3, 0.4) is 0 Å². The molecule has 0 aliphatic carbocycles. The molecule has 1 amide bonds. The average Bonchev–Trinajstić information content (AvgIpc) is 3.22. The number of nitrogens with zero attached hydrogens (tertiary/aromatic N) is 1. The van der Waals surface area contributed by atoms with Crippen LogP contribution in [0.25, 0.3) is 6.08 Å². The molecule has 0 spiro atoms. The molecule has 3 aromatic rings. The lowest BCUT2D eigenvalue weighted by atomic mass is 10.1. The number of benzene rings is 3. The molecule has 0 unspecified atom stereocenters. The molecule has 0 saturated heterocycles. The van der Waals surface area contributed by atoms with Gasteiger partial charge in [0.1, 0.15) is 23.0 Å². The molecular weight excluding hydrogens is 618 g/mol. The number of aliphatic hydroxyl groups is 1. The number of rotatable bonds is 8. The highest BCUT2D eigenvalue weighted by molar-refractivity contribution is 9.10. The zero-order valence-corrected chi connectivity index (χ0v) is 25.0. The minimum atomic E-state index is -0.768. The van der Waals surface area contributed by atoms with Gasteiger partial charge in [0.25, 0.3) is 5.91 Å². The first kappa shape index (κ1) is 29.5. The Labute approximate surface area is 249 Å².